The lowest BCUT2D eigenvalue weighted by Crippen LogP contribution is -2.26. The SMILES string of the molecule is OC1(c2ccc3ccccc3c2)c2ccccc2-c2cc3ccccc3cc21. The highest BCUT2D eigenvalue weighted by Gasteiger charge is 2.43. The van der Waals surface area contributed by atoms with Gasteiger partial charge in [0.2, 0.25) is 0 Å². The maximum absolute atomic E-state index is 12.2. The summed E-state index contributed by atoms with van der Waals surface area (Å²) < 4.78 is 0. The van der Waals surface area contributed by atoms with E-state index < -0.39 is 5.60 Å². The maximum atomic E-state index is 12.2. The lowest BCUT2D eigenvalue weighted by atomic mass is 9.83. The third-order valence-electron chi connectivity index (χ3n) is 6.05. The number of benzene rings is 5. The van der Waals surface area contributed by atoms with Gasteiger partial charge in [0.15, 0.2) is 0 Å². The van der Waals surface area contributed by atoms with E-state index in [0.717, 1.165) is 38.6 Å². The predicted molar refractivity (Wildman–Crippen MR) is 115 cm³/mol. The molecule has 1 aliphatic carbocycles. The monoisotopic (exact) mass is 358 g/mol. The molecule has 5 aromatic carbocycles. The number of hydrogen-bond acceptors (Lipinski definition) is 1. The molecule has 5 aromatic rings. The van der Waals surface area contributed by atoms with Gasteiger partial charge >= 0.3 is 0 Å². The van der Waals surface area contributed by atoms with Crippen LogP contribution in [0.15, 0.2) is 103 Å². The molecule has 1 atom stereocenters. The molecule has 0 fully saturated rings. The fourth-order valence-corrected chi connectivity index (χ4v) is 4.67. The zero-order chi connectivity index (χ0) is 18.7. The van der Waals surface area contributed by atoms with Crippen molar-refractivity contribution in [2.45, 2.75) is 5.60 Å². The van der Waals surface area contributed by atoms with Crippen molar-refractivity contribution < 1.29 is 5.11 Å². The normalized spacial score (nSPS) is 17.6. The van der Waals surface area contributed by atoms with E-state index in [1.807, 2.05) is 30.3 Å². The van der Waals surface area contributed by atoms with Crippen molar-refractivity contribution in [1.82, 2.24) is 0 Å². The third kappa shape index (κ3) is 2.00. The zero-order valence-corrected chi connectivity index (χ0v) is 15.3. The Balaban J connectivity index is 1.71. The average Bonchev–Trinajstić information content (AvgIpc) is 3.01. The van der Waals surface area contributed by atoms with Crippen molar-refractivity contribution in [2.75, 3.05) is 0 Å². The molecule has 0 bridgehead atoms. The van der Waals surface area contributed by atoms with Gasteiger partial charge < -0.3 is 5.11 Å². The molecule has 0 spiro atoms. The predicted octanol–water partition coefficient (Wildman–Crippen LogP) is 6.26. The lowest BCUT2D eigenvalue weighted by molar-refractivity contribution is 0.131. The molecule has 0 aromatic heterocycles. The van der Waals surface area contributed by atoms with Gasteiger partial charge in [0.1, 0.15) is 5.60 Å². The molecule has 1 heteroatoms. The standard InChI is InChI=1S/C27H18O/c28-27(22-14-13-18-7-1-2-8-19(18)15-22)25-12-6-5-11-23(25)24-16-20-9-3-4-10-21(20)17-26(24)27/h1-17,28H. The molecule has 1 unspecified atom stereocenters. The van der Waals surface area contributed by atoms with Gasteiger partial charge in [0.05, 0.1) is 0 Å². The Morgan fingerprint density at radius 1 is 0.464 bits per heavy atom. The van der Waals surface area contributed by atoms with Crippen LogP contribution < -0.4 is 0 Å². The summed E-state index contributed by atoms with van der Waals surface area (Å²) in [5, 5.41) is 16.8. The van der Waals surface area contributed by atoms with Gasteiger partial charge in [-0.25, -0.2) is 0 Å². The molecule has 1 nitrogen and oxygen atoms in total. The zero-order valence-electron chi connectivity index (χ0n) is 15.3. The minimum atomic E-state index is -1.15. The van der Waals surface area contributed by atoms with Crippen molar-refractivity contribution in [3.63, 3.8) is 0 Å². The van der Waals surface area contributed by atoms with E-state index in [-0.39, 0.29) is 0 Å². The Morgan fingerprint density at radius 2 is 1.07 bits per heavy atom. The van der Waals surface area contributed by atoms with Gasteiger partial charge in [-0.3, -0.25) is 0 Å². The second kappa shape index (κ2) is 5.54. The van der Waals surface area contributed by atoms with Crippen LogP contribution in [0.3, 0.4) is 0 Å². The highest BCUT2D eigenvalue weighted by atomic mass is 16.3. The lowest BCUT2D eigenvalue weighted by Gasteiger charge is -2.27. The molecule has 1 N–H and O–H groups in total. The van der Waals surface area contributed by atoms with Crippen LogP contribution in [-0.2, 0) is 5.60 Å². The van der Waals surface area contributed by atoms with Crippen LogP contribution in [0.2, 0.25) is 0 Å². The molecule has 28 heavy (non-hydrogen) atoms. The molecular formula is C27H18O. The Labute approximate surface area is 163 Å². The topological polar surface area (TPSA) is 20.2 Å². The highest BCUT2D eigenvalue weighted by Crippen LogP contribution is 2.52. The highest BCUT2D eigenvalue weighted by molar-refractivity contribution is 5.94. The van der Waals surface area contributed by atoms with Crippen molar-refractivity contribution >= 4 is 21.5 Å². The van der Waals surface area contributed by atoms with Crippen LogP contribution in [-0.4, -0.2) is 5.11 Å². The molecule has 6 rings (SSSR count). The Hall–Kier alpha value is -3.42. The first-order chi connectivity index (χ1) is 13.7. The van der Waals surface area contributed by atoms with Gasteiger partial charge in [-0.2, -0.15) is 0 Å². The van der Waals surface area contributed by atoms with E-state index in [1.165, 1.54) is 10.8 Å². The number of aliphatic hydroxyl groups is 1. The maximum Gasteiger partial charge on any atom is 0.141 e. The van der Waals surface area contributed by atoms with E-state index in [0.29, 0.717) is 0 Å². The molecule has 132 valence electrons. The number of hydrogen-bond donors (Lipinski definition) is 1. The molecular weight excluding hydrogens is 340 g/mol. The van der Waals surface area contributed by atoms with E-state index in [4.69, 9.17) is 0 Å². The van der Waals surface area contributed by atoms with E-state index in [9.17, 15) is 5.11 Å². The molecule has 0 saturated carbocycles. The summed E-state index contributed by atoms with van der Waals surface area (Å²) in [6.45, 7) is 0. The van der Waals surface area contributed by atoms with Crippen molar-refractivity contribution in [3.05, 3.63) is 120 Å². The van der Waals surface area contributed by atoms with Crippen LogP contribution in [0.4, 0.5) is 0 Å². The van der Waals surface area contributed by atoms with Crippen LogP contribution in [0.5, 0.6) is 0 Å². The molecule has 0 amide bonds. The molecule has 0 aliphatic heterocycles. The summed E-state index contributed by atoms with van der Waals surface area (Å²) in [6.07, 6.45) is 0. The first-order valence-electron chi connectivity index (χ1n) is 9.60. The summed E-state index contributed by atoms with van der Waals surface area (Å²) in [4.78, 5) is 0. The fourth-order valence-electron chi connectivity index (χ4n) is 4.67. The molecule has 1 aliphatic rings. The Bertz CT molecular complexity index is 1380. The van der Waals surface area contributed by atoms with Crippen molar-refractivity contribution in [3.8, 4) is 11.1 Å². The molecule has 0 saturated heterocycles. The first kappa shape index (κ1) is 15.6. The van der Waals surface area contributed by atoms with Gasteiger partial charge in [-0.15, -0.1) is 0 Å². The van der Waals surface area contributed by atoms with E-state index >= 15 is 0 Å². The Kier molecular flexibility index (Phi) is 3.09. The second-order valence-electron chi connectivity index (χ2n) is 7.56. The van der Waals surface area contributed by atoms with Crippen LogP contribution in [0.1, 0.15) is 16.7 Å². The smallest absolute Gasteiger partial charge is 0.141 e. The minimum absolute atomic E-state index is 0.910. The summed E-state index contributed by atoms with van der Waals surface area (Å²) in [7, 11) is 0. The van der Waals surface area contributed by atoms with Crippen LogP contribution in [0.25, 0.3) is 32.7 Å². The van der Waals surface area contributed by atoms with E-state index in [1.54, 1.807) is 0 Å². The van der Waals surface area contributed by atoms with Crippen LogP contribution >= 0.6 is 0 Å². The average molecular weight is 358 g/mol. The van der Waals surface area contributed by atoms with Crippen molar-refractivity contribution in [1.29, 1.82) is 0 Å². The van der Waals surface area contributed by atoms with Gasteiger partial charge in [0.25, 0.3) is 0 Å². The molecule has 0 heterocycles. The van der Waals surface area contributed by atoms with Gasteiger partial charge in [-0.05, 0) is 56.4 Å². The minimum Gasteiger partial charge on any atom is -0.376 e. The van der Waals surface area contributed by atoms with Gasteiger partial charge in [-0.1, -0.05) is 84.9 Å². The quantitative estimate of drug-likeness (QED) is 0.375. The summed E-state index contributed by atoms with van der Waals surface area (Å²) in [6, 6.07) is 35.5. The van der Waals surface area contributed by atoms with Crippen molar-refractivity contribution in [2.24, 2.45) is 0 Å². The molecule has 0 radical (unpaired) electrons. The van der Waals surface area contributed by atoms with Gasteiger partial charge in [0, 0.05) is 11.1 Å². The Morgan fingerprint density at radius 3 is 1.86 bits per heavy atom. The van der Waals surface area contributed by atoms with Crippen LogP contribution in [0, 0.1) is 0 Å². The number of rotatable bonds is 1. The number of fused-ring (bicyclic) bond motifs is 5. The summed E-state index contributed by atoms with van der Waals surface area (Å²) >= 11 is 0. The van der Waals surface area contributed by atoms with E-state index in [2.05, 4.69) is 72.8 Å². The first-order valence-corrected chi connectivity index (χ1v) is 9.60. The largest absolute Gasteiger partial charge is 0.376 e. The fraction of sp³-hybridized carbons (Fsp3) is 0.0370. The third-order valence-corrected chi connectivity index (χ3v) is 6.05. The second-order valence-corrected chi connectivity index (χ2v) is 7.56. The summed E-state index contributed by atoms with van der Waals surface area (Å²) in [5.74, 6) is 0. The summed E-state index contributed by atoms with van der Waals surface area (Å²) in [5.41, 5.74) is 3.90.